The number of carbonyl (C=O) groups excluding carboxylic acids is 1. The van der Waals surface area contributed by atoms with Gasteiger partial charge in [0.05, 0.1) is 11.1 Å². The van der Waals surface area contributed by atoms with Crippen molar-refractivity contribution < 1.29 is 4.79 Å². The first-order valence-electron chi connectivity index (χ1n) is 5.21. The van der Waals surface area contributed by atoms with Crippen LogP contribution in [0, 0.1) is 0 Å². The first-order valence-corrected chi connectivity index (χ1v) is 5.21. The van der Waals surface area contributed by atoms with E-state index in [0.717, 1.165) is 23.0 Å². The summed E-state index contributed by atoms with van der Waals surface area (Å²) in [6.45, 7) is 6.24. The number of aldehydes is 1. The predicted molar refractivity (Wildman–Crippen MR) is 62.6 cm³/mol. The second-order valence-corrected chi connectivity index (χ2v) is 4.98. The second kappa shape index (κ2) is 3.40. The summed E-state index contributed by atoms with van der Waals surface area (Å²) in [6.07, 6.45) is 4.21. The van der Waals surface area contributed by atoms with E-state index in [1.165, 1.54) is 0 Å². The third-order valence-electron chi connectivity index (χ3n) is 2.62. The number of hydrogen-bond donors (Lipinski definition) is 0. The molecule has 16 heavy (non-hydrogen) atoms. The first kappa shape index (κ1) is 10.8. The number of rotatable bonds is 1. The Kier molecular flexibility index (Phi) is 2.30. The van der Waals surface area contributed by atoms with Crippen LogP contribution in [0.1, 0.15) is 36.8 Å². The molecule has 0 aromatic carbocycles. The summed E-state index contributed by atoms with van der Waals surface area (Å²) < 4.78 is 1.86. The van der Waals surface area contributed by atoms with Gasteiger partial charge in [-0.3, -0.25) is 4.79 Å². The Morgan fingerprint density at radius 3 is 2.56 bits per heavy atom. The number of carbonyl (C=O) groups is 1. The molecule has 2 heterocycles. The third-order valence-corrected chi connectivity index (χ3v) is 2.62. The molecule has 0 spiro atoms. The van der Waals surface area contributed by atoms with Gasteiger partial charge in [-0.25, -0.2) is 9.97 Å². The minimum absolute atomic E-state index is 0.0969. The van der Waals surface area contributed by atoms with Crippen LogP contribution < -0.4 is 0 Å². The van der Waals surface area contributed by atoms with Crippen LogP contribution in [0.25, 0.3) is 11.0 Å². The molecule has 84 valence electrons. The maximum atomic E-state index is 11.0. The molecule has 0 radical (unpaired) electrons. The summed E-state index contributed by atoms with van der Waals surface area (Å²) in [7, 11) is 1.88. The first-order chi connectivity index (χ1) is 7.45. The van der Waals surface area contributed by atoms with Crippen molar-refractivity contribution >= 4 is 17.3 Å². The summed E-state index contributed by atoms with van der Waals surface area (Å²) in [5.74, 6) is 0. The highest BCUT2D eigenvalue weighted by Crippen LogP contribution is 2.29. The topological polar surface area (TPSA) is 47.8 Å². The van der Waals surface area contributed by atoms with Gasteiger partial charge in [-0.1, -0.05) is 20.8 Å². The molecular formula is C12H15N3O. The smallest absolute Gasteiger partial charge is 0.152 e. The van der Waals surface area contributed by atoms with Gasteiger partial charge in [-0.2, -0.15) is 0 Å². The van der Waals surface area contributed by atoms with Crippen LogP contribution in [0.3, 0.4) is 0 Å². The lowest BCUT2D eigenvalue weighted by Crippen LogP contribution is -2.14. The van der Waals surface area contributed by atoms with E-state index >= 15 is 0 Å². The highest BCUT2D eigenvalue weighted by atomic mass is 16.1. The van der Waals surface area contributed by atoms with Crippen LogP contribution in [0.4, 0.5) is 0 Å². The van der Waals surface area contributed by atoms with Crippen molar-refractivity contribution in [1.29, 1.82) is 0 Å². The van der Waals surface area contributed by atoms with Gasteiger partial charge < -0.3 is 4.57 Å². The minimum Gasteiger partial charge on any atom is -0.335 e. The zero-order valence-electron chi connectivity index (χ0n) is 9.98. The Morgan fingerprint density at radius 2 is 2.00 bits per heavy atom. The standard InChI is InChI=1S/C12H15N3O/c1-12(2,3)10-9-8(6-16)5-15(4)11(9)14-7-13-10/h5-7H,1-4H3. The lowest BCUT2D eigenvalue weighted by molar-refractivity contribution is 0.112. The maximum Gasteiger partial charge on any atom is 0.152 e. The second-order valence-electron chi connectivity index (χ2n) is 4.98. The largest absolute Gasteiger partial charge is 0.335 e. The third kappa shape index (κ3) is 1.50. The van der Waals surface area contributed by atoms with Crippen molar-refractivity contribution in [1.82, 2.24) is 14.5 Å². The fraction of sp³-hybridized carbons (Fsp3) is 0.417. The molecule has 0 saturated carbocycles. The highest BCUT2D eigenvalue weighted by Gasteiger charge is 2.22. The van der Waals surface area contributed by atoms with Crippen LogP contribution in [-0.4, -0.2) is 20.8 Å². The van der Waals surface area contributed by atoms with Gasteiger partial charge in [-0.15, -0.1) is 0 Å². The van der Waals surface area contributed by atoms with Crippen LogP contribution in [0.2, 0.25) is 0 Å². The van der Waals surface area contributed by atoms with E-state index in [1.807, 2.05) is 11.6 Å². The molecule has 2 aromatic heterocycles. The SMILES string of the molecule is Cn1cc(C=O)c2c(C(C)(C)C)ncnc21. The number of fused-ring (bicyclic) bond motifs is 1. The molecule has 0 aliphatic rings. The van der Waals surface area contributed by atoms with Crippen molar-refractivity contribution in [3.05, 3.63) is 23.8 Å². The van der Waals surface area contributed by atoms with Crippen molar-refractivity contribution in [2.75, 3.05) is 0 Å². The molecule has 0 aliphatic heterocycles. The van der Waals surface area contributed by atoms with Crippen LogP contribution in [0.15, 0.2) is 12.5 Å². The van der Waals surface area contributed by atoms with E-state index in [4.69, 9.17) is 0 Å². The summed E-state index contributed by atoms with van der Waals surface area (Å²) in [6, 6.07) is 0. The quantitative estimate of drug-likeness (QED) is 0.687. The lowest BCUT2D eigenvalue weighted by Gasteiger charge is -2.18. The monoisotopic (exact) mass is 217 g/mol. The van der Waals surface area contributed by atoms with E-state index in [-0.39, 0.29) is 5.41 Å². The fourth-order valence-corrected chi connectivity index (χ4v) is 1.90. The number of aromatic nitrogens is 3. The molecule has 0 unspecified atom stereocenters. The van der Waals surface area contributed by atoms with Gasteiger partial charge in [-0.05, 0) is 0 Å². The summed E-state index contributed by atoms with van der Waals surface area (Å²) >= 11 is 0. The molecule has 4 heteroatoms. The van der Waals surface area contributed by atoms with Crippen molar-refractivity contribution in [3.63, 3.8) is 0 Å². The number of aryl methyl sites for hydroxylation is 1. The molecule has 0 atom stereocenters. The Hall–Kier alpha value is -1.71. The molecule has 0 N–H and O–H groups in total. The molecule has 0 fully saturated rings. The molecule has 0 bridgehead atoms. The molecular weight excluding hydrogens is 202 g/mol. The van der Waals surface area contributed by atoms with E-state index in [2.05, 4.69) is 30.7 Å². The van der Waals surface area contributed by atoms with E-state index in [0.29, 0.717) is 5.56 Å². The fourth-order valence-electron chi connectivity index (χ4n) is 1.90. The number of hydrogen-bond acceptors (Lipinski definition) is 3. The highest BCUT2D eigenvalue weighted by molar-refractivity contribution is 5.97. The minimum atomic E-state index is -0.0969. The van der Waals surface area contributed by atoms with Gasteiger partial charge in [0.1, 0.15) is 12.0 Å². The van der Waals surface area contributed by atoms with Gasteiger partial charge in [0.25, 0.3) is 0 Å². The summed E-state index contributed by atoms with van der Waals surface area (Å²) in [5.41, 5.74) is 2.28. The molecule has 2 aromatic rings. The normalized spacial score (nSPS) is 12.0. The zero-order valence-corrected chi connectivity index (χ0v) is 9.98. The Bertz CT molecular complexity index is 549. The van der Waals surface area contributed by atoms with E-state index in [1.54, 1.807) is 12.5 Å². The lowest BCUT2D eigenvalue weighted by atomic mass is 9.89. The molecule has 0 amide bonds. The molecule has 2 rings (SSSR count). The molecule has 0 aliphatic carbocycles. The summed E-state index contributed by atoms with van der Waals surface area (Å²) in [5, 5.41) is 0.868. The summed E-state index contributed by atoms with van der Waals surface area (Å²) in [4.78, 5) is 19.6. The maximum absolute atomic E-state index is 11.0. The van der Waals surface area contributed by atoms with Gasteiger partial charge in [0.15, 0.2) is 6.29 Å². The zero-order chi connectivity index (χ0) is 11.9. The van der Waals surface area contributed by atoms with Crippen molar-refractivity contribution in [3.8, 4) is 0 Å². The predicted octanol–water partition coefficient (Wildman–Crippen LogP) is 2.08. The molecule has 0 saturated heterocycles. The Balaban J connectivity index is 2.90. The van der Waals surface area contributed by atoms with Crippen molar-refractivity contribution in [2.45, 2.75) is 26.2 Å². The van der Waals surface area contributed by atoms with Crippen molar-refractivity contribution in [2.24, 2.45) is 7.05 Å². The number of nitrogens with zero attached hydrogens (tertiary/aromatic N) is 3. The van der Waals surface area contributed by atoms with E-state index < -0.39 is 0 Å². The average molecular weight is 217 g/mol. The Labute approximate surface area is 94.3 Å². The van der Waals surface area contributed by atoms with Crippen LogP contribution in [0.5, 0.6) is 0 Å². The van der Waals surface area contributed by atoms with Gasteiger partial charge in [0.2, 0.25) is 0 Å². The van der Waals surface area contributed by atoms with Gasteiger partial charge in [0, 0.05) is 24.2 Å². The van der Waals surface area contributed by atoms with E-state index in [9.17, 15) is 4.79 Å². The van der Waals surface area contributed by atoms with Crippen LogP contribution in [-0.2, 0) is 12.5 Å². The van der Waals surface area contributed by atoms with Crippen LogP contribution >= 0.6 is 0 Å². The molecule has 4 nitrogen and oxygen atoms in total. The Morgan fingerprint density at radius 1 is 1.31 bits per heavy atom. The average Bonchev–Trinajstić information content (AvgIpc) is 2.54. The van der Waals surface area contributed by atoms with Gasteiger partial charge >= 0.3 is 0 Å².